The maximum absolute atomic E-state index is 12.2. The lowest BCUT2D eigenvalue weighted by Gasteiger charge is -2.09. The number of benzene rings is 2. The first-order valence-corrected chi connectivity index (χ1v) is 10.6. The van der Waals surface area contributed by atoms with Crippen LogP contribution < -0.4 is 10.1 Å². The lowest BCUT2D eigenvalue weighted by Crippen LogP contribution is -2.28. The number of hydrogen-bond donors (Lipinski definition) is 1. The number of carbonyl (C=O) groups excluding carboxylic acids is 2. The smallest absolute Gasteiger partial charge is 0.337 e. The highest BCUT2D eigenvalue weighted by atomic mass is 32.1. The van der Waals surface area contributed by atoms with E-state index in [1.165, 1.54) is 7.11 Å². The van der Waals surface area contributed by atoms with Crippen LogP contribution in [0.15, 0.2) is 41.8 Å². The van der Waals surface area contributed by atoms with Gasteiger partial charge in [0, 0.05) is 18.0 Å². The molecular weight excluding hydrogens is 408 g/mol. The van der Waals surface area contributed by atoms with Crippen molar-refractivity contribution in [1.29, 1.82) is 0 Å². The lowest BCUT2D eigenvalue weighted by molar-refractivity contribution is -0.123. The maximum Gasteiger partial charge on any atom is 0.337 e. The monoisotopic (exact) mass is 426 g/mol. The SMILES string of the molecule is COC(=O)c1ccc(CNC(=O)COc2cc3sc(C)nc3c3sccc23)cc1. The van der Waals surface area contributed by atoms with Crippen LogP contribution in [0.25, 0.3) is 20.3 Å². The van der Waals surface area contributed by atoms with E-state index in [1.54, 1.807) is 46.9 Å². The Morgan fingerprint density at radius 2 is 1.97 bits per heavy atom. The summed E-state index contributed by atoms with van der Waals surface area (Å²) in [7, 11) is 1.34. The minimum Gasteiger partial charge on any atom is -0.483 e. The van der Waals surface area contributed by atoms with E-state index in [0.29, 0.717) is 17.9 Å². The molecule has 0 aliphatic rings. The van der Waals surface area contributed by atoms with E-state index < -0.39 is 0 Å². The molecule has 8 heteroatoms. The van der Waals surface area contributed by atoms with Gasteiger partial charge in [-0.1, -0.05) is 12.1 Å². The van der Waals surface area contributed by atoms with E-state index in [1.807, 2.05) is 24.4 Å². The number of hydrogen-bond acceptors (Lipinski definition) is 7. The summed E-state index contributed by atoms with van der Waals surface area (Å²) in [5.41, 5.74) is 2.34. The molecule has 4 aromatic rings. The van der Waals surface area contributed by atoms with Gasteiger partial charge >= 0.3 is 5.97 Å². The van der Waals surface area contributed by atoms with Gasteiger partial charge in [-0.25, -0.2) is 9.78 Å². The highest BCUT2D eigenvalue weighted by molar-refractivity contribution is 7.21. The number of ether oxygens (including phenoxy) is 2. The summed E-state index contributed by atoms with van der Waals surface area (Å²) in [6, 6.07) is 10.8. The van der Waals surface area contributed by atoms with E-state index in [4.69, 9.17) is 4.74 Å². The van der Waals surface area contributed by atoms with Gasteiger partial charge in [0.25, 0.3) is 5.91 Å². The fourth-order valence-electron chi connectivity index (χ4n) is 2.98. The van der Waals surface area contributed by atoms with E-state index in [9.17, 15) is 9.59 Å². The Labute approximate surface area is 175 Å². The van der Waals surface area contributed by atoms with Gasteiger partial charge < -0.3 is 14.8 Å². The van der Waals surface area contributed by atoms with Gasteiger partial charge in [-0.2, -0.15) is 0 Å². The van der Waals surface area contributed by atoms with Gasteiger partial charge in [0.2, 0.25) is 0 Å². The van der Waals surface area contributed by atoms with E-state index in [0.717, 1.165) is 30.9 Å². The highest BCUT2D eigenvalue weighted by Crippen LogP contribution is 2.38. The predicted molar refractivity (Wildman–Crippen MR) is 115 cm³/mol. The maximum atomic E-state index is 12.2. The van der Waals surface area contributed by atoms with Gasteiger partial charge in [0.05, 0.1) is 32.6 Å². The van der Waals surface area contributed by atoms with Crippen molar-refractivity contribution in [3.8, 4) is 5.75 Å². The topological polar surface area (TPSA) is 77.5 Å². The van der Waals surface area contributed by atoms with E-state index in [2.05, 4.69) is 15.0 Å². The quantitative estimate of drug-likeness (QED) is 0.465. The number of esters is 1. The molecule has 0 radical (unpaired) electrons. The van der Waals surface area contributed by atoms with Gasteiger partial charge in [-0.3, -0.25) is 4.79 Å². The molecule has 0 aliphatic carbocycles. The summed E-state index contributed by atoms with van der Waals surface area (Å²) in [5, 5.41) is 6.81. The normalized spacial score (nSPS) is 11.0. The predicted octanol–water partition coefficient (Wildman–Crippen LogP) is 4.30. The van der Waals surface area contributed by atoms with Crippen molar-refractivity contribution in [2.24, 2.45) is 0 Å². The van der Waals surface area contributed by atoms with Crippen LogP contribution in [0.5, 0.6) is 5.75 Å². The second-order valence-electron chi connectivity index (χ2n) is 6.37. The third-order valence-electron chi connectivity index (χ3n) is 4.39. The minimum absolute atomic E-state index is 0.0749. The number of nitrogens with zero attached hydrogens (tertiary/aromatic N) is 1. The molecule has 148 valence electrons. The average Bonchev–Trinajstić information content (AvgIpc) is 3.36. The van der Waals surface area contributed by atoms with Crippen LogP contribution in [-0.4, -0.2) is 30.6 Å². The van der Waals surface area contributed by atoms with Gasteiger partial charge in [-0.15, -0.1) is 22.7 Å². The molecule has 0 bridgehead atoms. The summed E-state index contributed by atoms with van der Waals surface area (Å²) in [4.78, 5) is 28.3. The lowest BCUT2D eigenvalue weighted by atomic mass is 10.1. The number of aromatic nitrogens is 1. The average molecular weight is 427 g/mol. The molecule has 0 spiro atoms. The zero-order valence-electron chi connectivity index (χ0n) is 15.9. The molecule has 0 aliphatic heterocycles. The second kappa shape index (κ2) is 8.18. The molecule has 1 N–H and O–H groups in total. The molecule has 0 saturated heterocycles. The van der Waals surface area contributed by atoms with Gasteiger partial charge in [0.1, 0.15) is 5.75 Å². The Hall–Kier alpha value is -2.97. The molecule has 0 fully saturated rings. The minimum atomic E-state index is -0.387. The van der Waals surface area contributed by atoms with Crippen molar-refractivity contribution < 1.29 is 19.1 Å². The molecule has 2 aromatic heterocycles. The Morgan fingerprint density at radius 3 is 2.72 bits per heavy atom. The molecule has 4 rings (SSSR count). The standard InChI is InChI=1S/C21H18N2O4S2/c1-12-23-19-17(29-12)9-16(15-7-8-28-20(15)19)27-11-18(24)22-10-13-3-5-14(6-4-13)21(25)26-2/h3-9H,10-11H2,1-2H3,(H,22,24). The van der Waals surface area contributed by atoms with E-state index in [-0.39, 0.29) is 18.5 Å². The van der Waals surface area contributed by atoms with Gasteiger partial charge in [0.15, 0.2) is 6.61 Å². The molecule has 1 amide bonds. The van der Waals surface area contributed by atoms with Crippen LogP contribution in [-0.2, 0) is 16.1 Å². The third-order valence-corrected chi connectivity index (χ3v) is 6.23. The van der Waals surface area contributed by atoms with Crippen LogP contribution in [0, 0.1) is 6.92 Å². The van der Waals surface area contributed by atoms with Crippen LogP contribution in [0.1, 0.15) is 20.9 Å². The van der Waals surface area contributed by atoms with Crippen LogP contribution in [0.4, 0.5) is 0 Å². The molecule has 29 heavy (non-hydrogen) atoms. The van der Waals surface area contributed by atoms with Crippen molar-refractivity contribution in [3.63, 3.8) is 0 Å². The molecule has 0 saturated carbocycles. The van der Waals surface area contributed by atoms with Crippen LogP contribution in [0.3, 0.4) is 0 Å². The molecule has 0 atom stereocenters. The zero-order valence-corrected chi connectivity index (χ0v) is 17.5. The Bertz CT molecular complexity index is 1190. The third kappa shape index (κ3) is 4.08. The van der Waals surface area contributed by atoms with Crippen molar-refractivity contribution >= 4 is 54.9 Å². The molecule has 2 heterocycles. The number of nitrogens with one attached hydrogen (secondary N) is 1. The van der Waals surface area contributed by atoms with Crippen molar-refractivity contribution in [3.05, 3.63) is 57.9 Å². The second-order valence-corrected chi connectivity index (χ2v) is 8.52. The van der Waals surface area contributed by atoms with E-state index >= 15 is 0 Å². The molecule has 0 unspecified atom stereocenters. The van der Waals surface area contributed by atoms with Crippen molar-refractivity contribution in [1.82, 2.24) is 10.3 Å². The molecular formula is C21H18N2O4S2. The summed E-state index contributed by atoms with van der Waals surface area (Å²) < 4.78 is 12.6. The zero-order chi connectivity index (χ0) is 20.4. The van der Waals surface area contributed by atoms with Crippen LogP contribution in [0.2, 0.25) is 0 Å². The number of rotatable bonds is 6. The largest absolute Gasteiger partial charge is 0.483 e. The molecule has 2 aromatic carbocycles. The van der Waals surface area contributed by atoms with Crippen LogP contribution >= 0.6 is 22.7 Å². The number of thiazole rings is 1. The number of aryl methyl sites for hydroxylation is 1. The van der Waals surface area contributed by atoms with Gasteiger partial charge in [-0.05, 0) is 36.1 Å². The number of methoxy groups -OCH3 is 1. The fraction of sp³-hybridized carbons (Fsp3) is 0.190. The first kappa shape index (κ1) is 19.4. The first-order valence-electron chi connectivity index (χ1n) is 8.89. The summed E-state index contributed by atoms with van der Waals surface area (Å²) in [5.74, 6) is 0.0859. The summed E-state index contributed by atoms with van der Waals surface area (Å²) in [6.07, 6.45) is 0. The number of amides is 1. The number of thiophene rings is 1. The fourth-order valence-corrected chi connectivity index (χ4v) is 4.81. The summed E-state index contributed by atoms with van der Waals surface area (Å²) in [6.45, 7) is 2.26. The number of fused-ring (bicyclic) bond motifs is 3. The van der Waals surface area contributed by atoms with Crippen molar-refractivity contribution in [2.75, 3.05) is 13.7 Å². The molecule has 6 nitrogen and oxygen atoms in total. The Kier molecular flexibility index (Phi) is 5.46. The highest BCUT2D eigenvalue weighted by Gasteiger charge is 2.13. The summed E-state index contributed by atoms with van der Waals surface area (Å²) >= 11 is 3.23. The first-order chi connectivity index (χ1) is 14.0. The Balaban J connectivity index is 1.39. The number of carbonyl (C=O) groups is 2. The Morgan fingerprint density at radius 1 is 1.17 bits per heavy atom. The van der Waals surface area contributed by atoms with Crippen molar-refractivity contribution in [2.45, 2.75) is 13.5 Å².